The molecule has 0 aliphatic rings. The zero-order valence-corrected chi connectivity index (χ0v) is 15.1. The molecule has 0 unspecified atom stereocenters. The van der Waals surface area contributed by atoms with Crippen molar-refractivity contribution in [3.8, 4) is 23.1 Å². The molecule has 4 aromatic heterocycles. The Morgan fingerprint density at radius 2 is 2.08 bits per heavy atom. The highest BCUT2D eigenvalue weighted by atomic mass is 32.1. The summed E-state index contributed by atoms with van der Waals surface area (Å²) in [6.45, 7) is 0.568. The summed E-state index contributed by atoms with van der Waals surface area (Å²) in [6.07, 6.45) is 2.46. The Hall–Kier alpha value is -2.91. The van der Waals surface area contributed by atoms with Gasteiger partial charge in [0, 0.05) is 23.0 Å². The topological polar surface area (TPSA) is 93.8 Å². The van der Waals surface area contributed by atoms with Crippen LogP contribution < -0.4 is 5.32 Å². The summed E-state index contributed by atoms with van der Waals surface area (Å²) in [6, 6.07) is 9.50. The average molecular weight is 383 g/mol. The lowest BCUT2D eigenvalue weighted by atomic mass is 10.3. The van der Waals surface area contributed by atoms with Gasteiger partial charge in [-0.25, -0.2) is 4.98 Å². The van der Waals surface area contributed by atoms with Crippen molar-refractivity contribution >= 4 is 28.6 Å². The number of carbonyl (C=O) groups excluding carboxylic acids is 1. The van der Waals surface area contributed by atoms with Gasteiger partial charge in [-0.2, -0.15) is 4.98 Å². The van der Waals surface area contributed by atoms with E-state index in [-0.39, 0.29) is 11.8 Å². The van der Waals surface area contributed by atoms with Gasteiger partial charge in [0.15, 0.2) is 5.01 Å². The number of pyridine rings is 1. The fourth-order valence-electron chi connectivity index (χ4n) is 2.23. The van der Waals surface area contributed by atoms with E-state index < -0.39 is 0 Å². The van der Waals surface area contributed by atoms with Gasteiger partial charge in [0.1, 0.15) is 11.4 Å². The Kier molecular flexibility index (Phi) is 4.80. The monoisotopic (exact) mass is 383 g/mol. The van der Waals surface area contributed by atoms with E-state index in [9.17, 15) is 4.79 Å². The quantitative estimate of drug-likeness (QED) is 0.549. The van der Waals surface area contributed by atoms with Crippen molar-refractivity contribution in [3.63, 3.8) is 0 Å². The number of carbonyl (C=O) groups is 1. The normalized spacial score (nSPS) is 10.8. The molecule has 0 fully saturated rings. The fourth-order valence-corrected chi connectivity index (χ4v) is 3.65. The standard InChI is InChI=1S/C17H13N5O2S2/c23-15(19-8-6-11-4-3-9-25-11)17-20-13(10-26-17)16-21-14(22-24-16)12-5-1-2-7-18-12/h1-5,7,9-10H,6,8H2,(H,19,23). The molecule has 0 saturated carbocycles. The van der Waals surface area contributed by atoms with Crippen LogP contribution in [0.15, 0.2) is 51.8 Å². The third-order valence-corrected chi connectivity index (χ3v) is 5.25. The number of hydrogen-bond acceptors (Lipinski definition) is 8. The number of amides is 1. The molecule has 130 valence electrons. The van der Waals surface area contributed by atoms with Gasteiger partial charge >= 0.3 is 0 Å². The van der Waals surface area contributed by atoms with E-state index >= 15 is 0 Å². The first-order chi connectivity index (χ1) is 12.8. The number of aromatic nitrogens is 4. The molecule has 0 atom stereocenters. The Morgan fingerprint density at radius 3 is 2.88 bits per heavy atom. The number of thiophene rings is 1. The molecule has 1 N–H and O–H groups in total. The van der Waals surface area contributed by atoms with Crippen LogP contribution in [0.2, 0.25) is 0 Å². The third kappa shape index (κ3) is 3.68. The zero-order chi connectivity index (χ0) is 17.8. The largest absolute Gasteiger partial charge is 0.350 e. The van der Waals surface area contributed by atoms with Crippen LogP contribution in [0.1, 0.15) is 14.7 Å². The van der Waals surface area contributed by atoms with Crippen molar-refractivity contribution in [1.29, 1.82) is 0 Å². The van der Waals surface area contributed by atoms with E-state index in [0.29, 0.717) is 28.8 Å². The van der Waals surface area contributed by atoms with Crippen molar-refractivity contribution in [2.24, 2.45) is 0 Å². The SMILES string of the molecule is O=C(NCCc1cccs1)c1nc(-c2nc(-c3ccccn3)no2)cs1. The number of rotatable bonds is 6. The Bertz CT molecular complexity index is 995. The molecule has 0 aromatic carbocycles. The van der Waals surface area contributed by atoms with Crippen LogP contribution in [0, 0.1) is 0 Å². The summed E-state index contributed by atoms with van der Waals surface area (Å²) in [5, 5.41) is 10.9. The van der Waals surface area contributed by atoms with E-state index in [1.807, 2.05) is 29.6 Å². The molecule has 0 aliphatic heterocycles. The minimum absolute atomic E-state index is 0.206. The van der Waals surface area contributed by atoms with Crippen LogP contribution in [-0.4, -0.2) is 32.6 Å². The van der Waals surface area contributed by atoms with E-state index in [4.69, 9.17) is 4.52 Å². The molecular weight excluding hydrogens is 370 g/mol. The van der Waals surface area contributed by atoms with Gasteiger partial charge in [0.2, 0.25) is 5.82 Å². The molecule has 4 aromatic rings. The Morgan fingerprint density at radius 1 is 1.12 bits per heavy atom. The van der Waals surface area contributed by atoms with Gasteiger partial charge in [-0.05, 0) is 30.0 Å². The summed E-state index contributed by atoms with van der Waals surface area (Å²) in [4.78, 5) is 26.2. The molecule has 0 aliphatic carbocycles. The molecule has 0 radical (unpaired) electrons. The van der Waals surface area contributed by atoms with Gasteiger partial charge in [0.25, 0.3) is 11.8 Å². The second kappa shape index (κ2) is 7.54. The maximum absolute atomic E-state index is 12.2. The molecule has 7 nitrogen and oxygen atoms in total. The summed E-state index contributed by atoms with van der Waals surface area (Å²) in [5.41, 5.74) is 1.09. The van der Waals surface area contributed by atoms with Crippen molar-refractivity contribution < 1.29 is 9.32 Å². The second-order valence-corrected chi connectivity index (χ2v) is 7.15. The van der Waals surface area contributed by atoms with Crippen LogP contribution in [-0.2, 0) is 6.42 Å². The molecule has 9 heteroatoms. The molecule has 0 spiro atoms. The maximum Gasteiger partial charge on any atom is 0.280 e. The van der Waals surface area contributed by atoms with Crippen molar-refractivity contribution in [3.05, 3.63) is 57.2 Å². The van der Waals surface area contributed by atoms with E-state index in [1.165, 1.54) is 16.2 Å². The van der Waals surface area contributed by atoms with E-state index in [2.05, 4.69) is 25.4 Å². The second-order valence-electron chi connectivity index (χ2n) is 5.26. The summed E-state index contributed by atoms with van der Waals surface area (Å²) < 4.78 is 5.24. The van der Waals surface area contributed by atoms with Gasteiger partial charge < -0.3 is 9.84 Å². The highest BCUT2D eigenvalue weighted by Gasteiger charge is 2.17. The number of hydrogen-bond donors (Lipinski definition) is 1. The van der Waals surface area contributed by atoms with E-state index in [0.717, 1.165) is 6.42 Å². The summed E-state index contributed by atoms with van der Waals surface area (Å²) in [5.74, 6) is 0.442. The number of nitrogens with zero attached hydrogens (tertiary/aromatic N) is 4. The minimum Gasteiger partial charge on any atom is -0.350 e. The first kappa shape index (κ1) is 16.6. The lowest BCUT2D eigenvalue weighted by molar-refractivity contribution is 0.0954. The predicted octanol–water partition coefficient (Wildman–Crippen LogP) is 3.29. The first-order valence-corrected chi connectivity index (χ1v) is 9.57. The van der Waals surface area contributed by atoms with Crippen LogP contribution >= 0.6 is 22.7 Å². The van der Waals surface area contributed by atoms with E-state index in [1.54, 1.807) is 29.0 Å². The average Bonchev–Trinajstić information content (AvgIpc) is 3.42. The lowest BCUT2D eigenvalue weighted by Gasteiger charge is -2.00. The highest BCUT2D eigenvalue weighted by molar-refractivity contribution is 7.12. The molecule has 0 bridgehead atoms. The fraction of sp³-hybridized carbons (Fsp3) is 0.118. The first-order valence-electron chi connectivity index (χ1n) is 7.81. The van der Waals surface area contributed by atoms with Gasteiger partial charge in [0.05, 0.1) is 0 Å². The van der Waals surface area contributed by atoms with Gasteiger partial charge in [-0.1, -0.05) is 17.3 Å². The Balaban J connectivity index is 1.41. The maximum atomic E-state index is 12.2. The number of thiazole rings is 1. The van der Waals surface area contributed by atoms with Gasteiger partial charge in [-0.3, -0.25) is 9.78 Å². The van der Waals surface area contributed by atoms with Crippen LogP contribution in [0.5, 0.6) is 0 Å². The zero-order valence-electron chi connectivity index (χ0n) is 13.5. The van der Waals surface area contributed by atoms with Crippen molar-refractivity contribution in [1.82, 2.24) is 25.4 Å². The molecular formula is C17H13N5O2S2. The third-order valence-electron chi connectivity index (χ3n) is 3.47. The summed E-state index contributed by atoms with van der Waals surface area (Å²) in [7, 11) is 0. The van der Waals surface area contributed by atoms with Crippen molar-refractivity contribution in [2.45, 2.75) is 6.42 Å². The smallest absolute Gasteiger partial charge is 0.280 e. The lowest BCUT2D eigenvalue weighted by Crippen LogP contribution is -2.25. The molecule has 26 heavy (non-hydrogen) atoms. The summed E-state index contributed by atoms with van der Waals surface area (Å²) >= 11 is 2.92. The minimum atomic E-state index is -0.206. The Labute approximate surface area is 156 Å². The molecule has 4 heterocycles. The molecule has 0 saturated heterocycles. The van der Waals surface area contributed by atoms with Gasteiger partial charge in [-0.15, -0.1) is 22.7 Å². The number of nitrogens with one attached hydrogen (secondary N) is 1. The van der Waals surface area contributed by atoms with Crippen LogP contribution in [0.3, 0.4) is 0 Å². The van der Waals surface area contributed by atoms with Crippen molar-refractivity contribution in [2.75, 3.05) is 6.54 Å². The molecule has 1 amide bonds. The molecule has 4 rings (SSSR count). The van der Waals surface area contributed by atoms with Crippen LogP contribution in [0.25, 0.3) is 23.1 Å². The highest BCUT2D eigenvalue weighted by Crippen LogP contribution is 2.22. The predicted molar refractivity (Wildman–Crippen MR) is 99.0 cm³/mol. The van der Waals surface area contributed by atoms with Crippen LogP contribution in [0.4, 0.5) is 0 Å².